The Morgan fingerprint density at radius 1 is 1.03 bits per heavy atom. The van der Waals surface area contributed by atoms with Gasteiger partial charge in [0.2, 0.25) is 11.8 Å². The lowest BCUT2D eigenvalue weighted by molar-refractivity contribution is -0.118. The average molecular weight is 427 g/mol. The molecule has 0 spiro atoms. The van der Waals surface area contributed by atoms with Gasteiger partial charge in [-0.25, -0.2) is 4.98 Å². The third-order valence-electron chi connectivity index (χ3n) is 5.30. The second-order valence-corrected chi connectivity index (χ2v) is 7.54. The Morgan fingerprint density at radius 2 is 1.81 bits per heavy atom. The van der Waals surface area contributed by atoms with Crippen LogP contribution in [-0.2, 0) is 9.59 Å². The van der Waals surface area contributed by atoms with Crippen molar-refractivity contribution in [2.75, 3.05) is 23.4 Å². The van der Waals surface area contributed by atoms with Gasteiger partial charge in [-0.05, 0) is 67.1 Å². The van der Waals surface area contributed by atoms with Crippen LogP contribution in [0.4, 0.5) is 11.4 Å². The van der Waals surface area contributed by atoms with Gasteiger partial charge in [-0.3, -0.25) is 9.59 Å². The van der Waals surface area contributed by atoms with E-state index in [1.165, 1.54) is 0 Å². The van der Waals surface area contributed by atoms with Crippen molar-refractivity contribution in [2.24, 2.45) is 0 Å². The average Bonchev–Trinajstić information content (AvgIpc) is 3.45. The summed E-state index contributed by atoms with van der Waals surface area (Å²) in [6.07, 6.45) is 1.47. The van der Waals surface area contributed by atoms with Crippen molar-refractivity contribution in [3.63, 3.8) is 0 Å². The van der Waals surface area contributed by atoms with E-state index in [1.807, 2.05) is 48.5 Å². The Bertz CT molecular complexity index is 1230. The molecule has 7 nitrogen and oxygen atoms in total. The van der Waals surface area contributed by atoms with Crippen molar-refractivity contribution >= 4 is 34.3 Å². The van der Waals surface area contributed by atoms with Crippen LogP contribution in [0.15, 0.2) is 77.2 Å². The number of rotatable bonds is 6. The number of nitrogens with one attached hydrogen (secondary N) is 1. The standard InChI is InChI=1S/C25H21N3O4/c29-23(16-31-20-13-11-19(12-14-20)28-15-3-6-24(28)30)26-18-9-7-17(8-10-18)25-27-21-4-1-2-5-22(21)32-25/h1-2,4-5,7-14H,3,6,15-16H2,(H,26,29). The molecule has 0 saturated carbocycles. The number of hydrogen-bond donors (Lipinski definition) is 1. The number of carbonyl (C=O) groups excluding carboxylic acids is 2. The molecule has 160 valence electrons. The molecule has 1 aliphatic rings. The fourth-order valence-electron chi connectivity index (χ4n) is 3.68. The number of benzene rings is 3. The molecule has 5 rings (SSSR count). The van der Waals surface area contributed by atoms with E-state index in [4.69, 9.17) is 9.15 Å². The predicted molar refractivity (Wildman–Crippen MR) is 122 cm³/mol. The molecule has 2 amide bonds. The van der Waals surface area contributed by atoms with Crippen molar-refractivity contribution in [2.45, 2.75) is 12.8 Å². The van der Waals surface area contributed by atoms with Crippen LogP contribution in [0.3, 0.4) is 0 Å². The summed E-state index contributed by atoms with van der Waals surface area (Å²) in [6, 6.07) is 22.1. The van der Waals surface area contributed by atoms with Crippen LogP contribution in [-0.4, -0.2) is 29.9 Å². The molecule has 1 saturated heterocycles. The van der Waals surface area contributed by atoms with Gasteiger partial charge < -0.3 is 19.4 Å². The van der Waals surface area contributed by atoms with Crippen molar-refractivity contribution in [1.29, 1.82) is 0 Å². The van der Waals surface area contributed by atoms with E-state index in [1.54, 1.807) is 29.2 Å². The molecule has 4 aromatic rings. The van der Waals surface area contributed by atoms with Gasteiger partial charge in [-0.15, -0.1) is 0 Å². The zero-order chi connectivity index (χ0) is 21.9. The third kappa shape index (κ3) is 4.18. The number of fused-ring (bicyclic) bond motifs is 1. The zero-order valence-electron chi connectivity index (χ0n) is 17.3. The summed E-state index contributed by atoms with van der Waals surface area (Å²) in [4.78, 5) is 30.3. The molecule has 0 radical (unpaired) electrons. The summed E-state index contributed by atoms with van der Waals surface area (Å²) in [5, 5.41) is 2.81. The molecule has 1 fully saturated rings. The first kappa shape index (κ1) is 19.8. The van der Waals surface area contributed by atoms with E-state index >= 15 is 0 Å². The number of aromatic nitrogens is 1. The minimum atomic E-state index is -0.265. The van der Waals surface area contributed by atoms with Gasteiger partial charge in [0.15, 0.2) is 12.2 Å². The summed E-state index contributed by atoms with van der Waals surface area (Å²) in [5.41, 5.74) is 3.87. The van der Waals surface area contributed by atoms with Gasteiger partial charge in [-0.1, -0.05) is 12.1 Å². The minimum Gasteiger partial charge on any atom is -0.484 e. The highest BCUT2D eigenvalue weighted by Crippen LogP contribution is 2.26. The Balaban J connectivity index is 1.16. The first-order valence-corrected chi connectivity index (χ1v) is 10.4. The number of ether oxygens (including phenoxy) is 1. The Morgan fingerprint density at radius 3 is 2.53 bits per heavy atom. The fourth-order valence-corrected chi connectivity index (χ4v) is 3.68. The molecule has 2 heterocycles. The van der Waals surface area contributed by atoms with E-state index in [2.05, 4.69) is 10.3 Å². The highest BCUT2D eigenvalue weighted by Gasteiger charge is 2.21. The molecule has 1 aromatic heterocycles. The largest absolute Gasteiger partial charge is 0.484 e. The zero-order valence-corrected chi connectivity index (χ0v) is 17.3. The number of hydrogen-bond acceptors (Lipinski definition) is 5. The van der Waals surface area contributed by atoms with Crippen LogP contribution in [0.25, 0.3) is 22.6 Å². The monoisotopic (exact) mass is 427 g/mol. The van der Waals surface area contributed by atoms with Crippen molar-refractivity contribution in [3.8, 4) is 17.2 Å². The molecule has 1 aliphatic heterocycles. The second-order valence-electron chi connectivity index (χ2n) is 7.54. The Hall–Kier alpha value is -4.13. The lowest BCUT2D eigenvalue weighted by Crippen LogP contribution is -2.23. The SMILES string of the molecule is O=C(COc1ccc(N2CCCC2=O)cc1)Nc1ccc(-c2nc3ccccc3o2)cc1. The Kier molecular flexibility index (Phi) is 5.29. The van der Waals surface area contributed by atoms with Crippen LogP contribution in [0.1, 0.15) is 12.8 Å². The quantitative estimate of drug-likeness (QED) is 0.485. The molecule has 0 bridgehead atoms. The maximum absolute atomic E-state index is 12.3. The summed E-state index contributed by atoms with van der Waals surface area (Å²) in [6.45, 7) is 0.626. The summed E-state index contributed by atoms with van der Waals surface area (Å²) in [7, 11) is 0. The van der Waals surface area contributed by atoms with Gasteiger partial charge in [0.1, 0.15) is 11.3 Å². The molecule has 7 heteroatoms. The van der Waals surface area contributed by atoms with Gasteiger partial charge >= 0.3 is 0 Å². The van der Waals surface area contributed by atoms with Crippen LogP contribution in [0, 0.1) is 0 Å². The second kappa shape index (κ2) is 8.55. The van der Waals surface area contributed by atoms with E-state index < -0.39 is 0 Å². The fraction of sp³-hybridized carbons (Fsp3) is 0.160. The molecule has 0 atom stereocenters. The highest BCUT2D eigenvalue weighted by atomic mass is 16.5. The molecular weight excluding hydrogens is 406 g/mol. The molecule has 1 N–H and O–H groups in total. The molecule has 0 aliphatic carbocycles. The number of oxazole rings is 1. The van der Waals surface area contributed by atoms with Gasteiger partial charge in [0.05, 0.1) is 0 Å². The molecule has 0 unspecified atom stereocenters. The topological polar surface area (TPSA) is 84.7 Å². The predicted octanol–water partition coefficient (Wildman–Crippen LogP) is 4.64. The van der Waals surface area contributed by atoms with Crippen LogP contribution < -0.4 is 15.0 Å². The minimum absolute atomic E-state index is 0.116. The molecular formula is C25H21N3O4. The maximum atomic E-state index is 12.3. The van der Waals surface area contributed by atoms with Crippen molar-refractivity contribution in [3.05, 3.63) is 72.8 Å². The maximum Gasteiger partial charge on any atom is 0.262 e. The lowest BCUT2D eigenvalue weighted by Gasteiger charge is -2.16. The first-order valence-electron chi connectivity index (χ1n) is 10.4. The number of carbonyl (C=O) groups is 2. The summed E-state index contributed by atoms with van der Waals surface area (Å²) < 4.78 is 11.3. The Labute approximate surface area is 184 Å². The third-order valence-corrected chi connectivity index (χ3v) is 5.30. The molecule has 3 aromatic carbocycles. The van der Waals surface area contributed by atoms with Crippen molar-refractivity contribution < 1.29 is 18.7 Å². The van der Waals surface area contributed by atoms with E-state index in [-0.39, 0.29) is 18.4 Å². The van der Waals surface area contributed by atoms with Gasteiger partial charge in [-0.2, -0.15) is 0 Å². The lowest BCUT2D eigenvalue weighted by atomic mass is 10.2. The van der Waals surface area contributed by atoms with E-state index in [9.17, 15) is 9.59 Å². The van der Waals surface area contributed by atoms with E-state index in [0.29, 0.717) is 23.7 Å². The number of nitrogens with zero attached hydrogens (tertiary/aromatic N) is 2. The van der Waals surface area contributed by atoms with Crippen LogP contribution >= 0.6 is 0 Å². The number of anilines is 2. The summed E-state index contributed by atoms with van der Waals surface area (Å²) >= 11 is 0. The number of para-hydroxylation sites is 2. The first-order chi connectivity index (χ1) is 15.7. The smallest absolute Gasteiger partial charge is 0.262 e. The van der Waals surface area contributed by atoms with Gasteiger partial charge in [0.25, 0.3) is 5.91 Å². The van der Waals surface area contributed by atoms with Crippen molar-refractivity contribution in [1.82, 2.24) is 4.98 Å². The molecule has 32 heavy (non-hydrogen) atoms. The van der Waals surface area contributed by atoms with Crippen LogP contribution in [0.2, 0.25) is 0 Å². The number of amides is 2. The highest BCUT2D eigenvalue weighted by molar-refractivity contribution is 5.95. The van der Waals surface area contributed by atoms with E-state index in [0.717, 1.165) is 35.3 Å². The van der Waals surface area contributed by atoms with Crippen LogP contribution in [0.5, 0.6) is 5.75 Å². The normalized spacial score (nSPS) is 13.5. The van der Waals surface area contributed by atoms with Gasteiger partial charge in [0, 0.05) is 29.9 Å². The summed E-state index contributed by atoms with van der Waals surface area (Å²) in [5.74, 6) is 0.979.